The van der Waals surface area contributed by atoms with Crippen LogP contribution >= 0.6 is 15.9 Å². The van der Waals surface area contributed by atoms with E-state index in [0.29, 0.717) is 11.3 Å². The van der Waals surface area contributed by atoms with Crippen LogP contribution in [-0.4, -0.2) is 22.0 Å². The molecule has 0 aliphatic rings. The smallest absolute Gasteiger partial charge is 0.335 e. The molecule has 0 fully saturated rings. The molecule has 1 aromatic heterocycles. The van der Waals surface area contributed by atoms with Crippen LogP contribution in [-0.2, 0) is 0 Å². The monoisotopic (exact) mass is 334 g/mol. The molecule has 0 unspecified atom stereocenters. The Morgan fingerprint density at radius 3 is 2.55 bits per heavy atom. The number of carbonyl (C=O) groups excluding carboxylic acids is 1. The topological polar surface area (TPSA) is 79.3 Å². The number of aromatic carboxylic acids is 1. The van der Waals surface area contributed by atoms with Crippen LogP contribution in [0.3, 0.4) is 0 Å². The van der Waals surface area contributed by atoms with Gasteiger partial charge in [-0.05, 0) is 58.7 Å². The average Bonchev–Trinajstić information content (AvgIpc) is 2.41. The van der Waals surface area contributed by atoms with E-state index in [1.807, 2.05) is 0 Å². The molecule has 5 nitrogen and oxygen atoms in total. The van der Waals surface area contributed by atoms with E-state index in [1.165, 1.54) is 18.3 Å². The van der Waals surface area contributed by atoms with Crippen molar-refractivity contribution < 1.29 is 14.7 Å². The van der Waals surface area contributed by atoms with Gasteiger partial charge in [0.15, 0.2) is 0 Å². The van der Waals surface area contributed by atoms with Gasteiger partial charge in [0, 0.05) is 16.4 Å². The maximum Gasteiger partial charge on any atom is 0.335 e. The first-order chi connectivity index (χ1) is 9.47. The van der Waals surface area contributed by atoms with E-state index in [-0.39, 0.29) is 17.2 Å². The van der Waals surface area contributed by atoms with E-state index in [2.05, 4.69) is 26.2 Å². The molecule has 2 N–H and O–H groups in total. The zero-order chi connectivity index (χ0) is 14.7. The molecule has 102 valence electrons. The fourth-order valence-corrected chi connectivity index (χ4v) is 1.87. The van der Waals surface area contributed by atoms with Gasteiger partial charge in [-0.1, -0.05) is 0 Å². The molecule has 2 rings (SSSR count). The van der Waals surface area contributed by atoms with Crippen LogP contribution in [0.1, 0.15) is 26.4 Å². The Hall–Kier alpha value is -2.21. The number of benzene rings is 1. The van der Waals surface area contributed by atoms with Crippen LogP contribution in [0, 0.1) is 6.92 Å². The summed E-state index contributed by atoms with van der Waals surface area (Å²) < 4.78 is 0.788. The molecule has 1 aromatic carbocycles. The highest BCUT2D eigenvalue weighted by Gasteiger charge is 2.10. The number of nitrogens with one attached hydrogen (secondary N) is 1. The molecule has 0 aliphatic heterocycles. The first-order valence-corrected chi connectivity index (χ1v) is 6.53. The largest absolute Gasteiger partial charge is 0.478 e. The number of nitrogens with zero attached hydrogens (tertiary/aromatic N) is 1. The van der Waals surface area contributed by atoms with Gasteiger partial charge in [-0.2, -0.15) is 0 Å². The van der Waals surface area contributed by atoms with E-state index in [0.717, 1.165) is 4.47 Å². The van der Waals surface area contributed by atoms with E-state index in [1.54, 1.807) is 25.1 Å². The summed E-state index contributed by atoms with van der Waals surface area (Å²) >= 11 is 3.24. The van der Waals surface area contributed by atoms with Crippen LogP contribution in [0.4, 0.5) is 5.69 Å². The first kappa shape index (κ1) is 14.2. The predicted molar refractivity (Wildman–Crippen MR) is 78.0 cm³/mol. The molecule has 1 amide bonds. The summed E-state index contributed by atoms with van der Waals surface area (Å²) in [6, 6.07) is 7.84. The van der Waals surface area contributed by atoms with E-state index in [9.17, 15) is 9.59 Å². The lowest BCUT2D eigenvalue weighted by molar-refractivity contribution is 0.0696. The Morgan fingerprint density at radius 2 is 2.00 bits per heavy atom. The van der Waals surface area contributed by atoms with Gasteiger partial charge in [0.05, 0.1) is 5.56 Å². The average molecular weight is 335 g/mol. The summed E-state index contributed by atoms with van der Waals surface area (Å²) in [5.41, 5.74) is 1.71. The number of halogens is 1. The fourth-order valence-electron chi connectivity index (χ4n) is 1.63. The number of hydrogen-bond acceptors (Lipinski definition) is 3. The van der Waals surface area contributed by atoms with Crippen LogP contribution in [0.25, 0.3) is 0 Å². The Labute approximate surface area is 123 Å². The highest BCUT2D eigenvalue weighted by atomic mass is 79.9. The van der Waals surface area contributed by atoms with Crippen LogP contribution in [0.5, 0.6) is 0 Å². The number of carbonyl (C=O) groups is 2. The normalized spacial score (nSPS) is 10.1. The van der Waals surface area contributed by atoms with Crippen molar-refractivity contribution in [1.82, 2.24) is 4.98 Å². The van der Waals surface area contributed by atoms with Crippen molar-refractivity contribution in [2.45, 2.75) is 6.92 Å². The van der Waals surface area contributed by atoms with Gasteiger partial charge in [-0.15, -0.1) is 0 Å². The molecule has 2 aromatic rings. The summed E-state index contributed by atoms with van der Waals surface area (Å²) in [6.07, 6.45) is 1.54. The maximum absolute atomic E-state index is 12.0. The third-order valence-electron chi connectivity index (χ3n) is 2.68. The number of aryl methyl sites for hydroxylation is 1. The number of hydrogen-bond donors (Lipinski definition) is 2. The SMILES string of the molecule is Cc1cc(C(=O)O)ccc1NC(=O)c1ccc(Br)cn1. The summed E-state index contributed by atoms with van der Waals surface area (Å²) in [5.74, 6) is -1.34. The summed E-state index contributed by atoms with van der Waals surface area (Å²) in [7, 11) is 0. The number of carboxylic acids is 1. The Kier molecular flexibility index (Phi) is 4.14. The number of carboxylic acid groups (broad SMARTS) is 1. The van der Waals surface area contributed by atoms with Crippen molar-refractivity contribution in [2.75, 3.05) is 5.32 Å². The van der Waals surface area contributed by atoms with Gasteiger partial charge in [-0.25, -0.2) is 9.78 Å². The zero-order valence-electron chi connectivity index (χ0n) is 10.6. The lowest BCUT2D eigenvalue weighted by Crippen LogP contribution is -2.14. The third kappa shape index (κ3) is 3.21. The molecular weight excluding hydrogens is 324 g/mol. The second kappa shape index (κ2) is 5.83. The number of pyridine rings is 1. The minimum Gasteiger partial charge on any atom is -0.478 e. The standard InChI is InChI=1S/C14H11BrN2O3/c1-8-6-9(14(19)20)2-4-11(8)17-13(18)12-5-3-10(15)7-16-12/h2-7H,1H3,(H,17,18)(H,19,20). The molecule has 20 heavy (non-hydrogen) atoms. The van der Waals surface area contributed by atoms with Crippen molar-refractivity contribution in [3.05, 3.63) is 57.8 Å². The Balaban J connectivity index is 2.19. The van der Waals surface area contributed by atoms with Gasteiger partial charge in [0.2, 0.25) is 0 Å². The fraction of sp³-hybridized carbons (Fsp3) is 0.0714. The molecule has 0 bridgehead atoms. The van der Waals surface area contributed by atoms with Crippen molar-refractivity contribution in [3.63, 3.8) is 0 Å². The molecule has 0 aliphatic carbocycles. The molecule has 0 atom stereocenters. The number of aromatic nitrogens is 1. The number of anilines is 1. The van der Waals surface area contributed by atoms with Crippen molar-refractivity contribution in [3.8, 4) is 0 Å². The molecule has 6 heteroatoms. The lowest BCUT2D eigenvalue weighted by Gasteiger charge is -2.08. The lowest BCUT2D eigenvalue weighted by atomic mass is 10.1. The van der Waals surface area contributed by atoms with E-state index in [4.69, 9.17) is 5.11 Å². The van der Waals surface area contributed by atoms with Crippen LogP contribution in [0.2, 0.25) is 0 Å². The Bertz CT molecular complexity index is 669. The van der Waals surface area contributed by atoms with E-state index >= 15 is 0 Å². The summed E-state index contributed by atoms with van der Waals surface area (Å²) in [5, 5.41) is 11.6. The first-order valence-electron chi connectivity index (χ1n) is 5.74. The molecule has 0 saturated heterocycles. The third-order valence-corrected chi connectivity index (χ3v) is 3.15. The minimum atomic E-state index is -0.999. The van der Waals surface area contributed by atoms with Gasteiger partial charge < -0.3 is 10.4 Å². The predicted octanol–water partition coefficient (Wildman–Crippen LogP) is 3.10. The highest BCUT2D eigenvalue weighted by Crippen LogP contribution is 2.17. The maximum atomic E-state index is 12.0. The zero-order valence-corrected chi connectivity index (χ0v) is 12.1. The molecular formula is C14H11BrN2O3. The quantitative estimate of drug-likeness (QED) is 0.903. The molecule has 1 heterocycles. The van der Waals surface area contributed by atoms with E-state index < -0.39 is 5.97 Å². The van der Waals surface area contributed by atoms with Gasteiger partial charge in [-0.3, -0.25) is 4.79 Å². The van der Waals surface area contributed by atoms with Crippen LogP contribution in [0.15, 0.2) is 41.0 Å². The summed E-state index contributed by atoms with van der Waals surface area (Å²) in [6.45, 7) is 1.73. The number of amides is 1. The second-order valence-corrected chi connectivity index (χ2v) is 5.07. The van der Waals surface area contributed by atoms with Gasteiger partial charge in [0.1, 0.15) is 5.69 Å². The molecule has 0 radical (unpaired) electrons. The highest BCUT2D eigenvalue weighted by molar-refractivity contribution is 9.10. The second-order valence-electron chi connectivity index (χ2n) is 4.15. The van der Waals surface area contributed by atoms with Crippen molar-refractivity contribution in [1.29, 1.82) is 0 Å². The van der Waals surface area contributed by atoms with Crippen LogP contribution < -0.4 is 5.32 Å². The molecule has 0 spiro atoms. The Morgan fingerprint density at radius 1 is 1.25 bits per heavy atom. The summed E-state index contributed by atoms with van der Waals surface area (Å²) in [4.78, 5) is 26.8. The van der Waals surface area contributed by atoms with Gasteiger partial charge in [0.25, 0.3) is 5.91 Å². The van der Waals surface area contributed by atoms with Crippen molar-refractivity contribution in [2.24, 2.45) is 0 Å². The molecule has 0 saturated carbocycles. The minimum absolute atomic E-state index is 0.183. The number of rotatable bonds is 3. The van der Waals surface area contributed by atoms with Gasteiger partial charge >= 0.3 is 5.97 Å². The van der Waals surface area contributed by atoms with Crippen molar-refractivity contribution >= 4 is 33.5 Å².